The van der Waals surface area contributed by atoms with Crippen LogP contribution in [-0.2, 0) is 0 Å². The van der Waals surface area contributed by atoms with Crippen LogP contribution in [0.25, 0.3) is 28.2 Å². The molecule has 7 heteroatoms. The smallest absolute Gasteiger partial charge is 0.203 e. The van der Waals surface area contributed by atoms with E-state index in [1.807, 2.05) is 59.3 Å². The molecule has 0 N–H and O–H groups in total. The van der Waals surface area contributed by atoms with Crippen LogP contribution in [0.3, 0.4) is 0 Å². The fraction of sp³-hybridized carbons (Fsp3) is 0.323. The molecule has 0 atom stereocenters. The quantitative estimate of drug-likeness (QED) is 0.256. The van der Waals surface area contributed by atoms with Crippen LogP contribution in [0.15, 0.2) is 72.8 Å². The summed E-state index contributed by atoms with van der Waals surface area (Å²) in [5.74, 6) is 2.60. The molecule has 0 amide bonds. The molecule has 198 valence electrons. The fourth-order valence-electron chi connectivity index (χ4n) is 4.92. The first-order valence-corrected chi connectivity index (χ1v) is 13.1. The molecule has 0 saturated carbocycles. The normalized spacial score (nSPS) is 13.8. The number of hydrogen-bond acceptors (Lipinski definition) is 6. The van der Waals surface area contributed by atoms with Crippen LogP contribution < -0.4 is 18.9 Å². The molecule has 0 bridgehead atoms. The number of ether oxygens (including phenoxy) is 4. The summed E-state index contributed by atoms with van der Waals surface area (Å²) in [4.78, 5) is 2.49. The molecule has 2 heterocycles. The lowest BCUT2D eigenvalue weighted by atomic mass is 10.1. The van der Waals surface area contributed by atoms with Crippen molar-refractivity contribution in [2.75, 3.05) is 47.6 Å². The Morgan fingerprint density at radius 2 is 1.42 bits per heavy atom. The molecular weight excluding hydrogens is 478 g/mol. The van der Waals surface area contributed by atoms with Crippen LogP contribution in [0.5, 0.6) is 23.0 Å². The van der Waals surface area contributed by atoms with E-state index in [9.17, 15) is 0 Å². The van der Waals surface area contributed by atoms with Gasteiger partial charge in [-0.25, -0.2) is 4.68 Å². The Balaban J connectivity index is 1.44. The highest BCUT2D eigenvalue weighted by Crippen LogP contribution is 2.41. The lowest BCUT2D eigenvalue weighted by Crippen LogP contribution is -2.33. The fourth-order valence-corrected chi connectivity index (χ4v) is 4.92. The average Bonchev–Trinajstić information content (AvgIpc) is 3.43. The summed E-state index contributed by atoms with van der Waals surface area (Å²) in [6.45, 7) is 4.04. The number of likely N-dealkylation sites (tertiary alicyclic amines) is 1. The zero-order chi connectivity index (χ0) is 26.3. The van der Waals surface area contributed by atoms with Gasteiger partial charge in [-0.1, -0.05) is 24.6 Å². The van der Waals surface area contributed by atoms with E-state index in [1.54, 1.807) is 21.3 Å². The van der Waals surface area contributed by atoms with Gasteiger partial charge in [-0.3, -0.25) is 4.90 Å². The predicted octanol–water partition coefficient (Wildman–Crippen LogP) is 6.10. The van der Waals surface area contributed by atoms with Gasteiger partial charge in [0.15, 0.2) is 11.5 Å². The van der Waals surface area contributed by atoms with Crippen LogP contribution in [0.1, 0.15) is 19.3 Å². The van der Waals surface area contributed by atoms with Gasteiger partial charge in [0.2, 0.25) is 5.75 Å². The second-order valence-electron chi connectivity index (χ2n) is 9.35. The molecule has 0 unspecified atom stereocenters. The van der Waals surface area contributed by atoms with Crippen LogP contribution in [0.4, 0.5) is 0 Å². The van der Waals surface area contributed by atoms with Gasteiger partial charge in [0.1, 0.15) is 12.4 Å². The van der Waals surface area contributed by atoms with E-state index in [-0.39, 0.29) is 0 Å². The molecule has 38 heavy (non-hydrogen) atoms. The molecule has 1 saturated heterocycles. The third-order valence-corrected chi connectivity index (χ3v) is 6.95. The van der Waals surface area contributed by atoms with Crippen molar-refractivity contribution in [3.63, 3.8) is 0 Å². The Labute approximate surface area is 224 Å². The Morgan fingerprint density at radius 1 is 0.737 bits per heavy atom. The standard InChI is InChI=1S/C31H35N3O4/c1-35-29-20-24(21-30(36-2)31(29)37-3)27-22-28(34(32-27)25-10-6-4-7-11-25)23-12-14-26(15-13-23)38-19-18-33-16-8-5-9-17-33/h4,6-7,10-15,20-22H,5,8-9,16-19H2,1-3H3. The van der Waals surface area contributed by atoms with Gasteiger partial charge in [0, 0.05) is 17.7 Å². The van der Waals surface area contributed by atoms with Crippen molar-refractivity contribution in [2.24, 2.45) is 0 Å². The number of aromatic nitrogens is 2. The van der Waals surface area contributed by atoms with E-state index in [4.69, 9.17) is 24.0 Å². The number of piperidine rings is 1. The number of benzene rings is 3. The van der Waals surface area contributed by atoms with Gasteiger partial charge in [-0.2, -0.15) is 5.10 Å². The second kappa shape index (κ2) is 12.0. The summed E-state index contributed by atoms with van der Waals surface area (Å²) in [6, 6.07) is 24.3. The van der Waals surface area contributed by atoms with Crippen LogP contribution in [0, 0.1) is 0 Å². The highest BCUT2D eigenvalue weighted by molar-refractivity contribution is 5.74. The Bertz CT molecular complexity index is 1300. The molecule has 5 rings (SSSR count). The largest absolute Gasteiger partial charge is 0.493 e. The number of rotatable bonds is 10. The van der Waals surface area contributed by atoms with E-state index in [0.29, 0.717) is 23.9 Å². The van der Waals surface area contributed by atoms with Gasteiger partial charge in [0.25, 0.3) is 0 Å². The molecule has 0 spiro atoms. The van der Waals surface area contributed by atoms with Gasteiger partial charge in [0.05, 0.1) is 38.4 Å². The summed E-state index contributed by atoms with van der Waals surface area (Å²) < 4.78 is 24.7. The maximum absolute atomic E-state index is 6.06. The number of nitrogens with zero attached hydrogens (tertiary/aromatic N) is 3. The van der Waals surface area contributed by atoms with Gasteiger partial charge in [-0.15, -0.1) is 0 Å². The number of para-hydroxylation sites is 1. The summed E-state index contributed by atoms with van der Waals surface area (Å²) in [6.07, 6.45) is 3.93. The lowest BCUT2D eigenvalue weighted by molar-refractivity contribution is 0.183. The van der Waals surface area contributed by atoms with Gasteiger partial charge < -0.3 is 18.9 Å². The summed E-state index contributed by atoms with van der Waals surface area (Å²) in [5.41, 5.74) is 4.66. The molecule has 1 aliphatic rings. The first kappa shape index (κ1) is 25.7. The van der Waals surface area contributed by atoms with Crippen molar-refractivity contribution < 1.29 is 18.9 Å². The highest BCUT2D eigenvalue weighted by Gasteiger charge is 2.18. The molecule has 0 aliphatic carbocycles. The monoisotopic (exact) mass is 513 g/mol. The Kier molecular flexibility index (Phi) is 8.14. The summed E-state index contributed by atoms with van der Waals surface area (Å²) >= 11 is 0. The third-order valence-electron chi connectivity index (χ3n) is 6.95. The first-order chi connectivity index (χ1) is 18.7. The van der Waals surface area contributed by atoms with Crippen LogP contribution in [0.2, 0.25) is 0 Å². The van der Waals surface area contributed by atoms with Gasteiger partial charge >= 0.3 is 0 Å². The summed E-state index contributed by atoms with van der Waals surface area (Å²) in [5, 5.41) is 4.99. The van der Waals surface area contributed by atoms with Crippen molar-refractivity contribution in [3.8, 4) is 51.2 Å². The number of hydrogen-bond donors (Lipinski definition) is 0. The van der Waals surface area contributed by atoms with E-state index >= 15 is 0 Å². The van der Waals surface area contributed by atoms with Crippen molar-refractivity contribution in [2.45, 2.75) is 19.3 Å². The maximum atomic E-state index is 6.06. The molecule has 4 aromatic rings. The molecule has 3 aromatic carbocycles. The van der Waals surface area contributed by atoms with Gasteiger partial charge in [-0.05, 0) is 80.5 Å². The molecular formula is C31H35N3O4. The van der Waals surface area contributed by atoms with Crippen LogP contribution in [-0.4, -0.2) is 62.3 Å². The minimum absolute atomic E-state index is 0.553. The minimum atomic E-state index is 0.553. The molecule has 1 aromatic heterocycles. The molecule has 1 aliphatic heterocycles. The van der Waals surface area contributed by atoms with E-state index in [2.05, 4.69) is 23.1 Å². The highest BCUT2D eigenvalue weighted by atomic mass is 16.5. The van der Waals surface area contributed by atoms with Crippen molar-refractivity contribution in [3.05, 3.63) is 72.8 Å². The molecule has 0 radical (unpaired) electrons. The maximum Gasteiger partial charge on any atom is 0.203 e. The average molecular weight is 514 g/mol. The van der Waals surface area contributed by atoms with Crippen molar-refractivity contribution in [1.82, 2.24) is 14.7 Å². The minimum Gasteiger partial charge on any atom is -0.493 e. The van der Waals surface area contributed by atoms with E-state index in [1.165, 1.54) is 32.4 Å². The topological polar surface area (TPSA) is 58.0 Å². The summed E-state index contributed by atoms with van der Waals surface area (Å²) in [7, 11) is 4.83. The SMILES string of the molecule is COc1cc(-c2cc(-c3ccc(OCCN4CCCCC4)cc3)n(-c3ccccc3)n2)cc(OC)c1OC. The third kappa shape index (κ3) is 5.63. The lowest BCUT2D eigenvalue weighted by Gasteiger charge is -2.26. The van der Waals surface area contributed by atoms with E-state index < -0.39 is 0 Å². The number of methoxy groups -OCH3 is 3. The Hall–Kier alpha value is -3.97. The zero-order valence-electron chi connectivity index (χ0n) is 22.4. The van der Waals surface area contributed by atoms with E-state index in [0.717, 1.165) is 40.5 Å². The van der Waals surface area contributed by atoms with Crippen molar-refractivity contribution in [1.29, 1.82) is 0 Å². The first-order valence-electron chi connectivity index (χ1n) is 13.1. The molecule has 1 fully saturated rings. The van der Waals surface area contributed by atoms with Crippen LogP contribution >= 0.6 is 0 Å². The predicted molar refractivity (Wildman–Crippen MR) is 150 cm³/mol. The second-order valence-corrected chi connectivity index (χ2v) is 9.35. The molecule has 7 nitrogen and oxygen atoms in total. The Morgan fingerprint density at radius 3 is 2.05 bits per heavy atom. The zero-order valence-corrected chi connectivity index (χ0v) is 22.4. The van der Waals surface area contributed by atoms with Crippen molar-refractivity contribution >= 4 is 0 Å².